The van der Waals surface area contributed by atoms with Crippen molar-refractivity contribution in [2.45, 2.75) is 19.0 Å². The Labute approximate surface area is 183 Å². The van der Waals surface area contributed by atoms with Crippen LogP contribution in [0.2, 0.25) is 5.02 Å². The minimum absolute atomic E-state index is 0.179. The second-order valence-electron chi connectivity index (χ2n) is 7.25. The van der Waals surface area contributed by atoms with E-state index in [1.807, 2.05) is 6.07 Å². The molecule has 0 fully saturated rings. The fourth-order valence-corrected chi connectivity index (χ4v) is 3.73. The van der Waals surface area contributed by atoms with Crippen LogP contribution in [0.15, 0.2) is 67.0 Å². The van der Waals surface area contributed by atoms with E-state index in [0.717, 1.165) is 11.1 Å². The lowest BCUT2D eigenvalue weighted by Gasteiger charge is -2.29. The molecule has 0 bridgehead atoms. The highest BCUT2D eigenvalue weighted by atomic mass is 35.5. The van der Waals surface area contributed by atoms with Crippen molar-refractivity contribution in [2.24, 2.45) is 5.73 Å². The number of rotatable bonds is 5. The van der Waals surface area contributed by atoms with Crippen molar-refractivity contribution < 1.29 is 14.4 Å². The Bertz CT molecular complexity index is 1150. The number of benzene rings is 2. The van der Waals surface area contributed by atoms with Crippen LogP contribution in [0.5, 0.6) is 0 Å². The Morgan fingerprint density at radius 3 is 2.55 bits per heavy atom. The normalized spacial score (nSPS) is 15.8. The van der Waals surface area contributed by atoms with Crippen LogP contribution in [0.4, 0.5) is 5.69 Å². The van der Waals surface area contributed by atoms with E-state index >= 15 is 0 Å². The summed E-state index contributed by atoms with van der Waals surface area (Å²) >= 11 is 6.08. The van der Waals surface area contributed by atoms with E-state index < -0.39 is 11.9 Å². The third-order valence-electron chi connectivity index (χ3n) is 5.15. The first-order valence-corrected chi connectivity index (χ1v) is 9.99. The summed E-state index contributed by atoms with van der Waals surface area (Å²) in [5, 5.41) is 3.26. The number of amides is 3. The molecule has 4 rings (SSSR count). The highest BCUT2D eigenvalue weighted by Crippen LogP contribution is 2.28. The first-order valence-electron chi connectivity index (χ1n) is 9.61. The van der Waals surface area contributed by atoms with E-state index in [-0.39, 0.29) is 18.4 Å². The lowest BCUT2D eigenvalue weighted by molar-refractivity contribution is -0.120. The summed E-state index contributed by atoms with van der Waals surface area (Å²) in [4.78, 5) is 43.6. The number of carbonyl (C=O) groups excluding carboxylic acids is 3. The van der Waals surface area contributed by atoms with Gasteiger partial charge in [0.1, 0.15) is 6.04 Å². The molecule has 0 aliphatic carbocycles. The predicted octanol–water partition coefficient (Wildman–Crippen LogP) is 3.04. The van der Waals surface area contributed by atoms with Crippen LogP contribution >= 0.6 is 11.6 Å². The fraction of sp³-hybridized carbons (Fsp3) is 0.130. The lowest BCUT2D eigenvalue weighted by atomic mass is 10.0. The number of aromatic nitrogens is 1. The van der Waals surface area contributed by atoms with E-state index in [2.05, 4.69) is 10.3 Å². The number of hydrogen-bond donors (Lipinski definition) is 2. The Morgan fingerprint density at radius 2 is 1.87 bits per heavy atom. The van der Waals surface area contributed by atoms with Crippen molar-refractivity contribution in [3.05, 3.63) is 94.3 Å². The van der Waals surface area contributed by atoms with Crippen molar-refractivity contribution in [2.75, 3.05) is 5.32 Å². The summed E-state index contributed by atoms with van der Waals surface area (Å²) in [6.45, 7) is 0.179. The topological polar surface area (TPSA) is 105 Å². The molecule has 3 amide bonds. The minimum Gasteiger partial charge on any atom is -0.366 e. The molecule has 31 heavy (non-hydrogen) atoms. The molecule has 1 aliphatic heterocycles. The van der Waals surface area contributed by atoms with Gasteiger partial charge in [-0.25, -0.2) is 0 Å². The molecule has 2 heterocycles. The van der Waals surface area contributed by atoms with E-state index in [0.29, 0.717) is 28.3 Å². The highest BCUT2D eigenvalue weighted by molar-refractivity contribution is 6.31. The zero-order valence-electron chi connectivity index (χ0n) is 16.4. The number of halogens is 1. The molecule has 8 heteroatoms. The van der Waals surface area contributed by atoms with Crippen LogP contribution in [0, 0.1) is 0 Å². The average molecular weight is 435 g/mol. The number of nitrogens with one attached hydrogen (secondary N) is 1. The number of hydrogen-bond acceptors (Lipinski definition) is 4. The number of primary amides is 1. The lowest BCUT2D eigenvalue weighted by Crippen LogP contribution is -2.46. The summed E-state index contributed by atoms with van der Waals surface area (Å²) < 4.78 is 0. The van der Waals surface area contributed by atoms with Crippen LogP contribution in [0.25, 0.3) is 0 Å². The fourth-order valence-electron chi connectivity index (χ4n) is 3.56. The first-order chi connectivity index (χ1) is 14.9. The van der Waals surface area contributed by atoms with Gasteiger partial charge in [-0.2, -0.15) is 0 Å². The van der Waals surface area contributed by atoms with Crippen molar-refractivity contribution in [3.63, 3.8) is 0 Å². The second kappa shape index (κ2) is 8.57. The van der Waals surface area contributed by atoms with E-state index in [4.69, 9.17) is 17.3 Å². The molecule has 0 spiro atoms. The molecule has 2 aromatic carbocycles. The Kier molecular flexibility index (Phi) is 5.68. The molecule has 1 aromatic heterocycles. The standard InChI is InChI=1S/C23H19ClN4O3/c24-17-7-8-18-19(11-17)27-22(30)20(10-15-2-1-9-26-12-15)28(23(18)31)13-14-3-5-16(6-4-14)21(25)29/h1-9,11-12,20H,10,13H2,(H2,25,29)(H,27,30)/t20-/m1/s1. The number of anilines is 1. The van der Waals surface area contributed by atoms with Gasteiger partial charge in [-0.1, -0.05) is 29.8 Å². The third-order valence-corrected chi connectivity index (χ3v) is 5.39. The summed E-state index contributed by atoms with van der Waals surface area (Å²) in [5.41, 5.74) is 8.01. The summed E-state index contributed by atoms with van der Waals surface area (Å²) in [6, 6.07) is 14.3. The van der Waals surface area contributed by atoms with Crippen molar-refractivity contribution in [1.82, 2.24) is 9.88 Å². The molecule has 1 atom stereocenters. The van der Waals surface area contributed by atoms with Gasteiger partial charge in [0.15, 0.2) is 0 Å². The first kappa shape index (κ1) is 20.6. The molecule has 1 aliphatic rings. The van der Waals surface area contributed by atoms with Crippen LogP contribution in [-0.4, -0.2) is 33.6 Å². The van der Waals surface area contributed by atoms with Crippen molar-refractivity contribution in [3.8, 4) is 0 Å². The summed E-state index contributed by atoms with van der Waals surface area (Å²) in [7, 11) is 0. The monoisotopic (exact) mass is 434 g/mol. The number of fused-ring (bicyclic) bond motifs is 1. The predicted molar refractivity (Wildman–Crippen MR) is 117 cm³/mol. The van der Waals surface area contributed by atoms with Gasteiger partial charge in [0.2, 0.25) is 11.8 Å². The van der Waals surface area contributed by atoms with Crippen LogP contribution in [0.3, 0.4) is 0 Å². The molecule has 3 aromatic rings. The SMILES string of the molecule is NC(=O)c1ccc(CN2C(=O)c3ccc(Cl)cc3NC(=O)[C@H]2Cc2cccnc2)cc1. The molecule has 0 radical (unpaired) electrons. The van der Waals surface area contributed by atoms with Gasteiger partial charge in [0.05, 0.1) is 11.3 Å². The van der Waals surface area contributed by atoms with Gasteiger partial charge in [0, 0.05) is 35.9 Å². The second-order valence-corrected chi connectivity index (χ2v) is 7.69. The van der Waals surface area contributed by atoms with E-state index in [9.17, 15) is 14.4 Å². The van der Waals surface area contributed by atoms with Gasteiger partial charge in [0.25, 0.3) is 5.91 Å². The number of pyridine rings is 1. The zero-order valence-corrected chi connectivity index (χ0v) is 17.2. The zero-order chi connectivity index (χ0) is 22.0. The largest absolute Gasteiger partial charge is 0.366 e. The molecule has 7 nitrogen and oxygen atoms in total. The van der Waals surface area contributed by atoms with E-state index in [1.165, 1.54) is 4.90 Å². The Morgan fingerprint density at radius 1 is 1.10 bits per heavy atom. The van der Waals surface area contributed by atoms with Crippen LogP contribution in [0.1, 0.15) is 31.8 Å². The number of carbonyl (C=O) groups is 3. The summed E-state index contributed by atoms with van der Waals surface area (Å²) in [6.07, 6.45) is 3.62. The maximum Gasteiger partial charge on any atom is 0.256 e. The van der Waals surface area contributed by atoms with Gasteiger partial charge in [-0.3, -0.25) is 19.4 Å². The molecular formula is C23H19ClN4O3. The molecule has 0 unspecified atom stereocenters. The smallest absolute Gasteiger partial charge is 0.256 e. The summed E-state index contributed by atoms with van der Waals surface area (Å²) in [5.74, 6) is -1.14. The quantitative estimate of drug-likeness (QED) is 0.643. The van der Waals surface area contributed by atoms with Gasteiger partial charge < -0.3 is 16.0 Å². The third kappa shape index (κ3) is 4.41. The Balaban J connectivity index is 1.73. The van der Waals surface area contributed by atoms with Crippen molar-refractivity contribution >= 4 is 35.0 Å². The van der Waals surface area contributed by atoms with Gasteiger partial charge >= 0.3 is 0 Å². The molecule has 3 N–H and O–H groups in total. The molecule has 0 saturated carbocycles. The van der Waals surface area contributed by atoms with Crippen LogP contribution < -0.4 is 11.1 Å². The van der Waals surface area contributed by atoms with Crippen LogP contribution in [-0.2, 0) is 17.8 Å². The Hall–Kier alpha value is -3.71. The average Bonchev–Trinajstić information content (AvgIpc) is 2.85. The van der Waals surface area contributed by atoms with Crippen molar-refractivity contribution in [1.29, 1.82) is 0 Å². The maximum absolute atomic E-state index is 13.5. The minimum atomic E-state index is -0.765. The molecular weight excluding hydrogens is 416 g/mol. The maximum atomic E-state index is 13.5. The molecule has 0 saturated heterocycles. The molecule has 156 valence electrons. The van der Waals surface area contributed by atoms with E-state index in [1.54, 1.807) is 60.9 Å². The van der Waals surface area contributed by atoms with Gasteiger partial charge in [-0.15, -0.1) is 0 Å². The highest BCUT2D eigenvalue weighted by Gasteiger charge is 2.35. The number of nitrogens with zero attached hydrogens (tertiary/aromatic N) is 2. The van der Waals surface area contributed by atoms with Gasteiger partial charge in [-0.05, 0) is 47.5 Å². The number of nitrogens with two attached hydrogens (primary N) is 1.